The van der Waals surface area contributed by atoms with Crippen molar-refractivity contribution in [2.45, 2.75) is 52.3 Å². The Hall–Kier alpha value is -2.34. The Balaban J connectivity index is 1.46. The van der Waals surface area contributed by atoms with Gasteiger partial charge in [-0.05, 0) is 44.0 Å². The fourth-order valence-electron chi connectivity index (χ4n) is 4.70. The topological polar surface area (TPSA) is 63.5 Å². The number of guanidine groups is 1. The molecule has 1 saturated heterocycles. The number of aliphatic imine (C=N–C) groups is 1. The minimum absolute atomic E-state index is 0.126. The van der Waals surface area contributed by atoms with Crippen LogP contribution < -0.4 is 10.6 Å². The number of benzene rings is 1. The summed E-state index contributed by atoms with van der Waals surface area (Å²) in [6, 6.07) is 10.9. The van der Waals surface area contributed by atoms with E-state index in [4.69, 9.17) is 9.73 Å². The Morgan fingerprint density at radius 1 is 1.39 bits per heavy atom. The van der Waals surface area contributed by atoms with Crippen molar-refractivity contribution in [1.82, 2.24) is 20.4 Å². The highest BCUT2D eigenvalue weighted by atomic mass is 16.5. The number of nitrogens with one attached hydrogen (secondary N) is 2. The minimum Gasteiger partial charge on any atom is -0.377 e. The van der Waals surface area contributed by atoms with Crippen LogP contribution in [0, 0.1) is 11.3 Å². The van der Waals surface area contributed by atoms with E-state index in [1.54, 1.807) is 6.20 Å². The van der Waals surface area contributed by atoms with Gasteiger partial charge in [0.1, 0.15) is 0 Å². The van der Waals surface area contributed by atoms with E-state index < -0.39 is 0 Å². The van der Waals surface area contributed by atoms with Crippen LogP contribution in [-0.2, 0) is 4.74 Å². The van der Waals surface area contributed by atoms with Crippen LogP contribution in [0.25, 0.3) is 5.69 Å². The second-order valence-electron chi connectivity index (χ2n) is 8.42. The van der Waals surface area contributed by atoms with Gasteiger partial charge in [0, 0.05) is 42.9 Å². The monoisotopic (exact) mass is 381 g/mol. The molecular weight excluding hydrogens is 350 g/mol. The van der Waals surface area contributed by atoms with Crippen LogP contribution in [-0.4, -0.2) is 41.0 Å². The van der Waals surface area contributed by atoms with Gasteiger partial charge in [0.15, 0.2) is 5.96 Å². The predicted octanol–water partition coefficient (Wildman–Crippen LogP) is 3.30. The molecule has 1 aromatic heterocycles. The Morgan fingerprint density at radius 3 is 3.00 bits per heavy atom. The number of hydrogen-bond donors (Lipinski definition) is 2. The van der Waals surface area contributed by atoms with Gasteiger partial charge in [-0.15, -0.1) is 0 Å². The van der Waals surface area contributed by atoms with Crippen LogP contribution in [0.4, 0.5) is 0 Å². The molecule has 28 heavy (non-hydrogen) atoms. The van der Waals surface area contributed by atoms with Gasteiger partial charge in [-0.3, -0.25) is 4.99 Å². The lowest BCUT2D eigenvalue weighted by molar-refractivity contribution is -0.106. The molecule has 2 aliphatic rings. The van der Waals surface area contributed by atoms with E-state index >= 15 is 0 Å². The third kappa shape index (κ3) is 3.41. The maximum absolute atomic E-state index is 5.93. The average molecular weight is 382 g/mol. The van der Waals surface area contributed by atoms with E-state index in [1.807, 2.05) is 16.9 Å². The molecule has 2 N–H and O–H groups in total. The van der Waals surface area contributed by atoms with Crippen LogP contribution in [0.2, 0.25) is 0 Å². The summed E-state index contributed by atoms with van der Waals surface area (Å²) in [6.45, 7) is 10.4. The summed E-state index contributed by atoms with van der Waals surface area (Å²) in [4.78, 5) is 4.70. The van der Waals surface area contributed by atoms with Crippen molar-refractivity contribution >= 4 is 5.96 Å². The van der Waals surface area contributed by atoms with E-state index in [2.05, 4.69) is 67.7 Å². The molecule has 0 spiro atoms. The Bertz CT molecular complexity index is 829. The normalized spacial score (nSPS) is 27.0. The van der Waals surface area contributed by atoms with Crippen molar-refractivity contribution in [2.24, 2.45) is 16.3 Å². The fourth-order valence-corrected chi connectivity index (χ4v) is 4.70. The second kappa shape index (κ2) is 7.59. The fraction of sp³-hybridized carbons (Fsp3) is 0.545. The van der Waals surface area contributed by atoms with Crippen LogP contribution in [0.15, 0.2) is 47.7 Å². The molecule has 2 heterocycles. The van der Waals surface area contributed by atoms with Crippen LogP contribution in [0.5, 0.6) is 0 Å². The number of aromatic nitrogens is 2. The van der Waals surface area contributed by atoms with Gasteiger partial charge in [-0.2, -0.15) is 5.10 Å². The standard InChI is InChI=1S/C22H31N5O/c1-5-23-21(26-19-18-10-13-28-20(18)22(19,3)4)25-15(2)16-8-6-9-17(14-16)27-12-7-11-24-27/h6-9,11-12,14-15,18-20H,5,10,13H2,1-4H3,(H2,23,25,26). The number of fused-ring (bicyclic) bond motifs is 1. The van der Waals surface area contributed by atoms with Crippen molar-refractivity contribution in [3.05, 3.63) is 48.3 Å². The molecule has 6 heteroatoms. The smallest absolute Gasteiger partial charge is 0.191 e. The molecule has 1 aliphatic carbocycles. The molecule has 2 aromatic rings. The van der Waals surface area contributed by atoms with Gasteiger partial charge in [0.2, 0.25) is 0 Å². The minimum atomic E-state index is 0.126. The van der Waals surface area contributed by atoms with Crippen molar-refractivity contribution < 1.29 is 4.74 Å². The van der Waals surface area contributed by atoms with Gasteiger partial charge in [-0.1, -0.05) is 26.0 Å². The molecule has 0 radical (unpaired) electrons. The Kier molecular flexibility index (Phi) is 5.15. The molecule has 4 atom stereocenters. The first-order valence-corrected chi connectivity index (χ1v) is 10.3. The van der Waals surface area contributed by atoms with Gasteiger partial charge in [0.25, 0.3) is 0 Å². The number of hydrogen-bond acceptors (Lipinski definition) is 3. The van der Waals surface area contributed by atoms with E-state index in [0.29, 0.717) is 18.1 Å². The first kappa shape index (κ1) is 19.0. The zero-order valence-electron chi connectivity index (χ0n) is 17.2. The molecule has 1 aromatic carbocycles. The second-order valence-corrected chi connectivity index (χ2v) is 8.42. The van der Waals surface area contributed by atoms with Crippen molar-refractivity contribution in [1.29, 1.82) is 0 Å². The molecule has 2 fully saturated rings. The van der Waals surface area contributed by atoms with Crippen LogP contribution >= 0.6 is 0 Å². The zero-order valence-corrected chi connectivity index (χ0v) is 17.2. The quantitative estimate of drug-likeness (QED) is 0.616. The molecular formula is C22H31N5O. The van der Waals surface area contributed by atoms with Gasteiger partial charge in [0.05, 0.1) is 17.8 Å². The maximum atomic E-state index is 5.93. The van der Waals surface area contributed by atoms with Crippen LogP contribution in [0.3, 0.4) is 0 Å². The zero-order chi connectivity index (χ0) is 19.7. The van der Waals surface area contributed by atoms with Crippen molar-refractivity contribution in [2.75, 3.05) is 13.2 Å². The third-order valence-electron chi connectivity index (χ3n) is 6.20. The average Bonchev–Trinajstić information content (AvgIpc) is 3.37. The molecule has 4 unspecified atom stereocenters. The van der Waals surface area contributed by atoms with E-state index in [1.165, 1.54) is 5.56 Å². The van der Waals surface area contributed by atoms with E-state index in [0.717, 1.165) is 31.2 Å². The number of rotatable bonds is 5. The highest BCUT2D eigenvalue weighted by molar-refractivity contribution is 5.81. The predicted molar refractivity (Wildman–Crippen MR) is 112 cm³/mol. The summed E-state index contributed by atoms with van der Waals surface area (Å²) in [5, 5.41) is 11.6. The summed E-state index contributed by atoms with van der Waals surface area (Å²) in [7, 11) is 0. The van der Waals surface area contributed by atoms with E-state index in [9.17, 15) is 0 Å². The van der Waals surface area contributed by atoms with Crippen molar-refractivity contribution in [3.8, 4) is 5.69 Å². The number of nitrogens with zero attached hydrogens (tertiary/aromatic N) is 3. The maximum Gasteiger partial charge on any atom is 0.191 e. The summed E-state index contributed by atoms with van der Waals surface area (Å²) in [5.74, 6) is 1.46. The lowest BCUT2D eigenvalue weighted by Gasteiger charge is -2.55. The van der Waals surface area contributed by atoms with E-state index in [-0.39, 0.29) is 11.5 Å². The van der Waals surface area contributed by atoms with Crippen LogP contribution in [0.1, 0.15) is 45.7 Å². The SMILES string of the molecule is CCN=C(NC(C)c1cccc(-n2cccn2)c1)NC1C2CCOC2C1(C)C. The first-order valence-electron chi connectivity index (χ1n) is 10.3. The highest BCUT2D eigenvalue weighted by Crippen LogP contribution is 2.52. The number of ether oxygens (including phenoxy) is 1. The molecule has 150 valence electrons. The summed E-state index contributed by atoms with van der Waals surface area (Å²) >= 11 is 0. The lowest BCUT2D eigenvalue weighted by atomic mass is 9.57. The molecule has 0 amide bonds. The largest absolute Gasteiger partial charge is 0.377 e. The third-order valence-corrected chi connectivity index (χ3v) is 6.20. The highest BCUT2D eigenvalue weighted by Gasteiger charge is 2.59. The Labute approximate surface area is 167 Å². The van der Waals surface area contributed by atoms with Gasteiger partial charge < -0.3 is 15.4 Å². The molecule has 6 nitrogen and oxygen atoms in total. The molecule has 0 bridgehead atoms. The lowest BCUT2D eigenvalue weighted by Crippen LogP contribution is -2.68. The summed E-state index contributed by atoms with van der Waals surface area (Å²) in [5.41, 5.74) is 2.39. The summed E-state index contributed by atoms with van der Waals surface area (Å²) in [6.07, 6.45) is 5.26. The van der Waals surface area contributed by atoms with Gasteiger partial charge in [-0.25, -0.2) is 4.68 Å². The van der Waals surface area contributed by atoms with Gasteiger partial charge >= 0.3 is 0 Å². The summed E-state index contributed by atoms with van der Waals surface area (Å²) < 4.78 is 7.81. The first-order chi connectivity index (χ1) is 13.5. The molecule has 1 saturated carbocycles. The van der Waals surface area contributed by atoms with Crippen molar-refractivity contribution in [3.63, 3.8) is 0 Å². The molecule has 4 rings (SSSR count). The molecule has 1 aliphatic heterocycles. The Morgan fingerprint density at radius 2 is 2.25 bits per heavy atom.